The molecule has 0 amide bonds. The largest absolute Gasteiger partial charge is 0.0808 e. The fourth-order valence-electron chi connectivity index (χ4n) is 3.17. The highest BCUT2D eigenvalue weighted by Gasteiger charge is 1.95. The minimum absolute atomic E-state index is 0.654. The molecule has 0 aliphatic heterocycles. The fourth-order valence-corrected chi connectivity index (χ4v) is 3.44. The highest BCUT2D eigenvalue weighted by Crippen LogP contribution is 2.14. The summed E-state index contributed by atoms with van der Waals surface area (Å²) in [6.07, 6.45) is 26.4. The van der Waals surface area contributed by atoms with Gasteiger partial charge in [0.1, 0.15) is 0 Å². The Morgan fingerprint density at radius 2 is 0.783 bits per heavy atom. The van der Waals surface area contributed by atoms with Crippen LogP contribution in [0, 0.1) is 0 Å². The first-order valence-corrected chi connectivity index (χ1v) is 11.2. The molecule has 0 aromatic rings. The standard InChI is InChI=1S/C21H41ClS/c1-2-3-4-5-6-7-8-9-10-11-12-13-14-15-16-17-18-19-20-21(22)23/h2-20H2,1H3. The summed E-state index contributed by atoms with van der Waals surface area (Å²) in [5, 5.41) is 0. The normalized spacial score (nSPS) is 11.0. The Morgan fingerprint density at radius 3 is 1.04 bits per heavy atom. The lowest BCUT2D eigenvalue weighted by atomic mass is 10.0. The van der Waals surface area contributed by atoms with Crippen molar-refractivity contribution in [3.63, 3.8) is 0 Å². The van der Waals surface area contributed by atoms with Crippen molar-refractivity contribution in [2.75, 3.05) is 0 Å². The molecule has 0 aromatic carbocycles. The van der Waals surface area contributed by atoms with Gasteiger partial charge in [-0.3, -0.25) is 0 Å². The first kappa shape index (κ1) is 23.4. The second kappa shape index (κ2) is 20.4. The lowest BCUT2D eigenvalue weighted by Crippen LogP contribution is -1.85. The maximum Gasteiger partial charge on any atom is 0.0808 e. The van der Waals surface area contributed by atoms with E-state index in [0.29, 0.717) is 4.32 Å². The smallest absolute Gasteiger partial charge is 0.0765 e. The molecule has 0 radical (unpaired) electrons. The maximum atomic E-state index is 5.69. The Morgan fingerprint density at radius 1 is 0.522 bits per heavy atom. The van der Waals surface area contributed by atoms with E-state index >= 15 is 0 Å². The predicted octanol–water partition coefficient (Wildman–Crippen LogP) is 8.98. The molecule has 0 aromatic heterocycles. The molecule has 0 bridgehead atoms. The van der Waals surface area contributed by atoms with E-state index in [9.17, 15) is 0 Å². The summed E-state index contributed by atoms with van der Waals surface area (Å²) in [4.78, 5) is 0. The summed E-state index contributed by atoms with van der Waals surface area (Å²) < 4.78 is 0.654. The van der Waals surface area contributed by atoms with Crippen LogP contribution in [0.15, 0.2) is 0 Å². The first-order chi connectivity index (χ1) is 11.3. The van der Waals surface area contributed by atoms with Crippen LogP contribution in [0.3, 0.4) is 0 Å². The number of hydrogen-bond acceptors (Lipinski definition) is 1. The van der Waals surface area contributed by atoms with E-state index in [-0.39, 0.29) is 0 Å². The minimum atomic E-state index is 0.654. The molecule has 0 fully saturated rings. The molecular weight excluding hydrogens is 320 g/mol. The van der Waals surface area contributed by atoms with Gasteiger partial charge < -0.3 is 0 Å². The minimum Gasteiger partial charge on any atom is -0.0765 e. The highest BCUT2D eigenvalue weighted by atomic mass is 35.5. The monoisotopic (exact) mass is 360 g/mol. The maximum absolute atomic E-state index is 5.69. The van der Waals surface area contributed by atoms with E-state index in [2.05, 4.69) is 6.92 Å². The van der Waals surface area contributed by atoms with Gasteiger partial charge in [-0.1, -0.05) is 140 Å². The van der Waals surface area contributed by atoms with E-state index in [1.165, 1.54) is 116 Å². The molecule has 0 saturated carbocycles. The number of rotatable bonds is 19. The van der Waals surface area contributed by atoms with Crippen LogP contribution in [0.5, 0.6) is 0 Å². The van der Waals surface area contributed by atoms with Crippen molar-refractivity contribution < 1.29 is 0 Å². The zero-order chi connectivity index (χ0) is 17.0. The second-order valence-corrected chi connectivity index (χ2v) is 8.29. The molecule has 0 aliphatic carbocycles. The summed E-state index contributed by atoms with van der Waals surface area (Å²) in [6, 6.07) is 0. The van der Waals surface area contributed by atoms with Crippen molar-refractivity contribution in [3.05, 3.63) is 0 Å². The van der Waals surface area contributed by atoms with Crippen molar-refractivity contribution in [2.45, 2.75) is 129 Å². The average Bonchev–Trinajstić information content (AvgIpc) is 2.53. The topological polar surface area (TPSA) is 0 Å². The van der Waals surface area contributed by atoms with Crippen LogP contribution < -0.4 is 0 Å². The average molecular weight is 361 g/mol. The number of thiocarbonyl (C=S) groups is 1. The van der Waals surface area contributed by atoms with Gasteiger partial charge in [0.05, 0.1) is 4.32 Å². The molecule has 2 heteroatoms. The van der Waals surface area contributed by atoms with Gasteiger partial charge in [0.2, 0.25) is 0 Å². The zero-order valence-electron chi connectivity index (χ0n) is 15.7. The molecule has 0 atom stereocenters. The summed E-state index contributed by atoms with van der Waals surface area (Å²) in [7, 11) is 0. The summed E-state index contributed by atoms with van der Waals surface area (Å²) >= 11 is 10.6. The van der Waals surface area contributed by atoms with Crippen molar-refractivity contribution in [2.24, 2.45) is 0 Å². The fraction of sp³-hybridized carbons (Fsp3) is 0.952. The van der Waals surface area contributed by atoms with Crippen LogP contribution in [0.2, 0.25) is 0 Å². The Balaban J connectivity index is 2.96. The predicted molar refractivity (Wildman–Crippen MR) is 112 cm³/mol. The van der Waals surface area contributed by atoms with Gasteiger partial charge in [0.25, 0.3) is 0 Å². The van der Waals surface area contributed by atoms with E-state index in [0.717, 1.165) is 6.42 Å². The van der Waals surface area contributed by atoms with Gasteiger partial charge in [0.15, 0.2) is 0 Å². The van der Waals surface area contributed by atoms with Gasteiger partial charge in [-0.2, -0.15) is 0 Å². The first-order valence-electron chi connectivity index (χ1n) is 10.5. The Hall–Kier alpha value is 0.380. The number of halogens is 1. The van der Waals surface area contributed by atoms with Gasteiger partial charge >= 0.3 is 0 Å². The lowest BCUT2D eigenvalue weighted by molar-refractivity contribution is 0.526. The van der Waals surface area contributed by atoms with Crippen LogP contribution in [-0.2, 0) is 0 Å². The Kier molecular flexibility index (Phi) is 20.8. The third kappa shape index (κ3) is 22.4. The third-order valence-corrected chi connectivity index (χ3v) is 5.12. The number of unbranched alkanes of at least 4 members (excludes halogenated alkanes) is 17. The molecule has 0 unspecified atom stereocenters. The van der Waals surface area contributed by atoms with Gasteiger partial charge in [-0.25, -0.2) is 0 Å². The highest BCUT2D eigenvalue weighted by molar-refractivity contribution is 7.83. The second-order valence-electron chi connectivity index (χ2n) is 7.12. The van der Waals surface area contributed by atoms with Gasteiger partial charge in [0, 0.05) is 0 Å². The molecule has 138 valence electrons. The Bertz CT molecular complexity index is 240. The number of hydrogen-bond donors (Lipinski definition) is 0. The van der Waals surface area contributed by atoms with E-state index in [1.807, 2.05) is 0 Å². The molecule has 0 saturated heterocycles. The van der Waals surface area contributed by atoms with Crippen molar-refractivity contribution >= 4 is 28.1 Å². The molecule has 0 rings (SSSR count). The van der Waals surface area contributed by atoms with Gasteiger partial charge in [-0.15, -0.1) is 0 Å². The van der Waals surface area contributed by atoms with E-state index in [1.54, 1.807) is 0 Å². The molecule has 0 nitrogen and oxygen atoms in total. The molecule has 23 heavy (non-hydrogen) atoms. The van der Waals surface area contributed by atoms with E-state index in [4.69, 9.17) is 23.8 Å². The third-order valence-electron chi connectivity index (χ3n) is 4.73. The molecule has 0 heterocycles. The molecule has 0 spiro atoms. The molecule has 0 aliphatic rings. The Labute approximate surface area is 157 Å². The van der Waals surface area contributed by atoms with Crippen molar-refractivity contribution in [3.8, 4) is 0 Å². The summed E-state index contributed by atoms with van der Waals surface area (Å²) in [5.74, 6) is 0. The van der Waals surface area contributed by atoms with Crippen LogP contribution in [-0.4, -0.2) is 4.32 Å². The van der Waals surface area contributed by atoms with Gasteiger partial charge in [-0.05, 0) is 12.8 Å². The van der Waals surface area contributed by atoms with Crippen LogP contribution >= 0.6 is 23.8 Å². The quantitative estimate of drug-likeness (QED) is 0.126. The summed E-state index contributed by atoms with van der Waals surface area (Å²) in [5.41, 5.74) is 0. The van der Waals surface area contributed by atoms with Crippen LogP contribution in [0.1, 0.15) is 129 Å². The lowest BCUT2D eigenvalue weighted by Gasteiger charge is -2.03. The zero-order valence-corrected chi connectivity index (χ0v) is 17.3. The van der Waals surface area contributed by atoms with Crippen molar-refractivity contribution in [1.82, 2.24) is 0 Å². The molecule has 0 N–H and O–H groups in total. The van der Waals surface area contributed by atoms with Crippen LogP contribution in [0.4, 0.5) is 0 Å². The van der Waals surface area contributed by atoms with Crippen LogP contribution in [0.25, 0.3) is 0 Å². The molecular formula is C21H41ClS. The SMILES string of the molecule is CCCCCCCCCCCCCCCCCCCCC(=S)Cl. The van der Waals surface area contributed by atoms with Crippen molar-refractivity contribution in [1.29, 1.82) is 0 Å². The van der Waals surface area contributed by atoms with E-state index < -0.39 is 0 Å². The summed E-state index contributed by atoms with van der Waals surface area (Å²) in [6.45, 7) is 2.29.